The average molecular weight is 479 g/mol. The van der Waals surface area contributed by atoms with E-state index < -0.39 is 35.3 Å². The molecule has 0 saturated carbocycles. The quantitative estimate of drug-likeness (QED) is 0.503. The minimum Gasteiger partial charge on any atom is -0.486 e. The number of fused-ring (bicyclic) bond motifs is 2. The predicted molar refractivity (Wildman–Crippen MR) is 128 cm³/mol. The molecule has 3 aliphatic rings. The highest BCUT2D eigenvalue weighted by Gasteiger charge is 2.68. The van der Waals surface area contributed by atoms with Crippen molar-refractivity contribution >= 4 is 23.5 Å². The van der Waals surface area contributed by atoms with Gasteiger partial charge in [0.25, 0.3) is 0 Å². The number of nitrogens with zero attached hydrogens (tertiary/aromatic N) is 1. The number of amides is 2. The number of imide groups is 1. The lowest BCUT2D eigenvalue weighted by atomic mass is 9.76. The molecule has 0 spiro atoms. The van der Waals surface area contributed by atoms with E-state index in [0.29, 0.717) is 43.2 Å². The molecule has 8 heteroatoms. The highest BCUT2D eigenvalue weighted by Crippen LogP contribution is 2.52. The molecule has 0 radical (unpaired) electrons. The number of carbonyl (C=O) groups excluding carboxylic acids is 3. The standard InChI is InChI=1S/C27H30N2O6/c1-4-12-27(26(32)33-5-2)22-21(23(28-27)18-9-7-6-8-16(18)3)24(30)29(25(22)31)17-10-11-19-20(15-17)35-14-13-34-19/h6-11,15,21-23,28H,4-5,12-14H2,1-3H3/t21-,22+,23-,27+/m1/s1. The molecule has 3 aliphatic heterocycles. The second kappa shape index (κ2) is 9.00. The van der Waals surface area contributed by atoms with Gasteiger partial charge in [0.2, 0.25) is 11.8 Å². The highest BCUT2D eigenvalue weighted by molar-refractivity contribution is 6.24. The Kier molecular flexibility index (Phi) is 6.01. The summed E-state index contributed by atoms with van der Waals surface area (Å²) >= 11 is 0. The van der Waals surface area contributed by atoms with Gasteiger partial charge in [-0.1, -0.05) is 37.6 Å². The van der Waals surface area contributed by atoms with Crippen LogP contribution in [0.3, 0.4) is 0 Å². The molecule has 0 aromatic heterocycles. The van der Waals surface area contributed by atoms with Crippen LogP contribution in [0.5, 0.6) is 11.5 Å². The summed E-state index contributed by atoms with van der Waals surface area (Å²) in [6.07, 6.45) is 1.02. The smallest absolute Gasteiger partial charge is 0.327 e. The minimum atomic E-state index is -1.29. The third-order valence-electron chi connectivity index (χ3n) is 7.25. The molecule has 184 valence electrons. The first-order chi connectivity index (χ1) is 16.9. The predicted octanol–water partition coefficient (Wildman–Crippen LogP) is 3.32. The topological polar surface area (TPSA) is 94.2 Å². The normalized spacial score (nSPS) is 27.2. The van der Waals surface area contributed by atoms with E-state index >= 15 is 0 Å². The maximum absolute atomic E-state index is 14.0. The molecule has 5 rings (SSSR count). The first-order valence-electron chi connectivity index (χ1n) is 12.2. The molecular formula is C27H30N2O6. The molecule has 8 nitrogen and oxygen atoms in total. The van der Waals surface area contributed by atoms with Crippen molar-refractivity contribution in [2.75, 3.05) is 24.7 Å². The van der Waals surface area contributed by atoms with Crippen LogP contribution in [0.4, 0.5) is 5.69 Å². The molecular weight excluding hydrogens is 448 g/mol. The number of nitrogens with one attached hydrogen (secondary N) is 1. The Hall–Kier alpha value is -3.39. The summed E-state index contributed by atoms with van der Waals surface area (Å²) in [5.41, 5.74) is 1.00. The lowest BCUT2D eigenvalue weighted by molar-refractivity contribution is -0.155. The molecule has 0 bridgehead atoms. The molecule has 2 aromatic rings. The van der Waals surface area contributed by atoms with E-state index in [2.05, 4.69) is 5.32 Å². The number of hydrogen-bond donors (Lipinski definition) is 1. The summed E-state index contributed by atoms with van der Waals surface area (Å²) in [5, 5.41) is 3.44. The first-order valence-corrected chi connectivity index (χ1v) is 12.2. The molecule has 1 N–H and O–H groups in total. The molecule has 35 heavy (non-hydrogen) atoms. The van der Waals surface area contributed by atoms with Crippen molar-refractivity contribution in [1.82, 2.24) is 5.32 Å². The number of aryl methyl sites for hydroxylation is 1. The van der Waals surface area contributed by atoms with Gasteiger partial charge in [-0.15, -0.1) is 0 Å². The van der Waals surface area contributed by atoms with Gasteiger partial charge in [-0.25, -0.2) is 4.90 Å². The number of anilines is 1. The van der Waals surface area contributed by atoms with Crippen molar-refractivity contribution in [1.29, 1.82) is 0 Å². The van der Waals surface area contributed by atoms with E-state index in [1.54, 1.807) is 25.1 Å². The van der Waals surface area contributed by atoms with Gasteiger partial charge in [0.15, 0.2) is 11.5 Å². The van der Waals surface area contributed by atoms with Crippen LogP contribution >= 0.6 is 0 Å². The first kappa shape index (κ1) is 23.4. The summed E-state index contributed by atoms with van der Waals surface area (Å²) in [6, 6.07) is 12.3. The molecule has 2 saturated heterocycles. The number of hydrogen-bond acceptors (Lipinski definition) is 7. The molecule has 2 fully saturated rings. The Balaban J connectivity index is 1.63. The highest BCUT2D eigenvalue weighted by atomic mass is 16.6. The molecule has 2 aromatic carbocycles. The van der Waals surface area contributed by atoms with Crippen LogP contribution in [0.1, 0.15) is 43.9 Å². The van der Waals surface area contributed by atoms with Crippen LogP contribution in [-0.4, -0.2) is 43.1 Å². The number of carbonyl (C=O) groups is 3. The SMILES string of the molecule is CCC[C@]1(C(=O)OCC)N[C@H](c2ccccc2C)[C@@H]2C(=O)N(c3ccc4c(c3)OCCO4)C(=O)[C@H]21. The van der Waals surface area contributed by atoms with Crippen LogP contribution in [-0.2, 0) is 19.1 Å². The van der Waals surface area contributed by atoms with Gasteiger partial charge in [-0.2, -0.15) is 0 Å². The summed E-state index contributed by atoms with van der Waals surface area (Å²) in [6.45, 7) is 6.69. The lowest BCUT2D eigenvalue weighted by Gasteiger charge is -2.33. The average Bonchev–Trinajstić information content (AvgIpc) is 3.33. The maximum Gasteiger partial charge on any atom is 0.327 e. The van der Waals surface area contributed by atoms with Crippen LogP contribution in [0.15, 0.2) is 42.5 Å². The Morgan fingerprint density at radius 2 is 1.83 bits per heavy atom. The van der Waals surface area contributed by atoms with Crippen LogP contribution < -0.4 is 19.7 Å². The van der Waals surface area contributed by atoms with Crippen molar-refractivity contribution in [3.05, 3.63) is 53.6 Å². The van der Waals surface area contributed by atoms with Crippen molar-refractivity contribution in [2.24, 2.45) is 11.8 Å². The second-order valence-corrected chi connectivity index (χ2v) is 9.26. The second-order valence-electron chi connectivity index (χ2n) is 9.26. The van der Waals surface area contributed by atoms with Gasteiger partial charge >= 0.3 is 5.97 Å². The van der Waals surface area contributed by atoms with Gasteiger partial charge in [0.1, 0.15) is 18.8 Å². The van der Waals surface area contributed by atoms with E-state index in [4.69, 9.17) is 14.2 Å². The Bertz CT molecular complexity index is 1180. The number of rotatable bonds is 6. The summed E-state index contributed by atoms with van der Waals surface area (Å²) < 4.78 is 16.8. The van der Waals surface area contributed by atoms with E-state index in [0.717, 1.165) is 11.1 Å². The van der Waals surface area contributed by atoms with Gasteiger partial charge in [-0.05, 0) is 43.5 Å². The monoisotopic (exact) mass is 478 g/mol. The number of benzene rings is 2. The van der Waals surface area contributed by atoms with Crippen LogP contribution in [0.2, 0.25) is 0 Å². The Labute approximate surface area is 204 Å². The minimum absolute atomic E-state index is 0.187. The molecule has 2 amide bonds. The zero-order chi connectivity index (χ0) is 24.7. The summed E-state index contributed by atoms with van der Waals surface area (Å²) in [5.74, 6) is -1.78. The third kappa shape index (κ3) is 3.58. The Morgan fingerprint density at radius 3 is 2.54 bits per heavy atom. The van der Waals surface area contributed by atoms with Crippen molar-refractivity contribution in [2.45, 2.75) is 45.2 Å². The molecule has 3 heterocycles. The Morgan fingerprint density at radius 1 is 1.09 bits per heavy atom. The van der Waals surface area contributed by atoms with Crippen molar-refractivity contribution in [3.63, 3.8) is 0 Å². The lowest BCUT2D eigenvalue weighted by Crippen LogP contribution is -2.56. The molecule has 0 unspecified atom stereocenters. The fraction of sp³-hybridized carbons (Fsp3) is 0.444. The zero-order valence-electron chi connectivity index (χ0n) is 20.2. The van der Waals surface area contributed by atoms with Gasteiger partial charge in [0.05, 0.1) is 24.1 Å². The van der Waals surface area contributed by atoms with E-state index in [9.17, 15) is 14.4 Å². The molecule has 4 atom stereocenters. The van der Waals surface area contributed by atoms with Crippen LogP contribution in [0.25, 0.3) is 0 Å². The van der Waals surface area contributed by atoms with E-state index in [1.165, 1.54) is 4.90 Å². The fourth-order valence-electron chi connectivity index (χ4n) is 5.80. The third-order valence-corrected chi connectivity index (χ3v) is 7.25. The number of esters is 1. The largest absolute Gasteiger partial charge is 0.486 e. The van der Waals surface area contributed by atoms with Gasteiger partial charge in [-0.3, -0.25) is 19.7 Å². The fourth-order valence-corrected chi connectivity index (χ4v) is 5.80. The van der Waals surface area contributed by atoms with Crippen LogP contribution in [0, 0.1) is 18.8 Å². The van der Waals surface area contributed by atoms with Gasteiger partial charge < -0.3 is 14.2 Å². The zero-order valence-corrected chi connectivity index (χ0v) is 20.2. The summed E-state index contributed by atoms with van der Waals surface area (Å²) in [4.78, 5) is 42.6. The van der Waals surface area contributed by atoms with E-state index in [-0.39, 0.29) is 12.5 Å². The maximum atomic E-state index is 14.0. The van der Waals surface area contributed by atoms with Gasteiger partial charge in [0, 0.05) is 12.1 Å². The summed E-state index contributed by atoms with van der Waals surface area (Å²) in [7, 11) is 0. The number of ether oxygens (including phenoxy) is 3. The van der Waals surface area contributed by atoms with Crippen molar-refractivity contribution < 1.29 is 28.6 Å². The van der Waals surface area contributed by atoms with E-state index in [1.807, 2.05) is 38.1 Å². The van der Waals surface area contributed by atoms with Crippen molar-refractivity contribution in [3.8, 4) is 11.5 Å². The molecule has 0 aliphatic carbocycles.